The molecule has 0 bridgehead atoms. The van der Waals surface area contributed by atoms with Gasteiger partial charge in [-0.25, -0.2) is 8.42 Å². The van der Waals surface area contributed by atoms with E-state index in [4.69, 9.17) is 4.74 Å². The number of nitrogens with zero attached hydrogens (tertiary/aromatic N) is 2. The summed E-state index contributed by atoms with van der Waals surface area (Å²) in [6.07, 6.45) is 0. The molecule has 0 N–H and O–H groups in total. The molecule has 3 aromatic rings. The predicted molar refractivity (Wildman–Crippen MR) is 122 cm³/mol. The first kappa shape index (κ1) is 22.4. The standard InChI is InChI=1S/C24H26N2O4S/c1-19-14-15-22(30-3)23(16-19)31(28,29)26(21-12-8-5-9-13-21)18-24(27)25(2)17-20-10-6-4-7-11-20/h4-16H,17-18H2,1-3H3. The molecule has 3 aromatic carbocycles. The summed E-state index contributed by atoms with van der Waals surface area (Å²) in [5.41, 5.74) is 2.15. The van der Waals surface area contributed by atoms with Crippen LogP contribution in [0.3, 0.4) is 0 Å². The Bertz CT molecular complexity index is 1130. The van der Waals surface area contributed by atoms with Gasteiger partial charge in [-0.2, -0.15) is 0 Å². The fraction of sp³-hybridized carbons (Fsp3) is 0.208. The fourth-order valence-electron chi connectivity index (χ4n) is 3.20. The van der Waals surface area contributed by atoms with Crippen LogP contribution in [0, 0.1) is 6.92 Å². The van der Waals surface area contributed by atoms with Crippen molar-refractivity contribution in [3.8, 4) is 5.75 Å². The number of likely N-dealkylation sites (N-methyl/N-ethyl adjacent to an activating group) is 1. The number of anilines is 1. The Morgan fingerprint density at radius 2 is 1.55 bits per heavy atom. The molecule has 0 aliphatic rings. The maximum atomic E-state index is 13.7. The highest BCUT2D eigenvalue weighted by atomic mass is 32.2. The van der Waals surface area contributed by atoms with Gasteiger partial charge in [-0.05, 0) is 42.3 Å². The Labute approximate surface area is 183 Å². The summed E-state index contributed by atoms with van der Waals surface area (Å²) in [6.45, 7) is 1.87. The Hall–Kier alpha value is -3.32. The third-order valence-corrected chi connectivity index (χ3v) is 6.69. The zero-order valence-electron chi connectivity index (χ0n) is 17.9. The van der Waals surface area contributed by atoms with Crippen molar-refractivity contribution in [2.75, 3.05) is 25.0 Å². The molecule has 0 heterocycles. The van der Waals surface area contributed by atoms with E-state index in [0.717, 1.165) is 15.4 Å². The molecule has 0 spiro atoms. The minimum atomic E-state index is -4.06. The minimum Gasteiger partial charge on any atom is -0.495 e. The van der Waals surface area contributed by atoms with Crippen molar-refractivity contribution < 1.29 is 17.9 Å². The first-order valence-corrected chi connectivity index (χ1v) is 11.3. The Kier molecular flexibility index (Phi) is 6.97. The zero-order valence-corrected chi connectivity index (χ0v) is 18.7. The molecule has 7 heteroatoms. The lowest BCUT2D eigenvalue weighted by Gasteiger charge is -2.27. The van der Waals surface area contributed by atoms with Gasteiger partial charge >= 0.3 is 0 Å². The van der Waals surface area contributed by atoms with E-state index in [-0.39, 0.29) is 23.1 Å². The smallest absolute Gasteiger partial charge is 0.268 e. The summed E-state index contributed by atoms with van der Waals surface area (Å²) in [4.78, 5) is 14.6. The number of sulfonamides is 1. The molecule has 0 aromatic heterocycles. The third kappa shape index (κ3) is 5.24. The Morgan fingerprint density at radius 3 is 2.16 bits per heavy atom. The molecule has 31 heavy (non-hydrogen) atoms. The number of carbonyl (C=O) groups excluding carboxylic acids is 1. The molecule has 0 fully saturated rings. The second-order valence-corrected chi connectivity index (χ2v) is 9.07. The summed E-state index contributed by atoms with van der Waals surface area (Å²) in [7, 11) is -0.969. The van der Waals surface area contributed by atoms with Gasteiger partial charge in [0.05, 0.1) is 12.8 Å². The number of amides is 1. The van der Waals surface area contributed by atoms with E-state index < -0.39 is 10.0 Å². The van der Waals surface area contributed by atoms with Gasteiger partial charge in [0, 0.05) is 13.6 Å². The minimum absolute atomic E-state index is 0.0253. The molecule has 0 saturated heterocycles. The predicted octanol–water partition coefficient (Wildman–Crippen LogP) is 3.86. The highest BCUT2D eigenvalue weighted by molar-refractivity contribution is 7.93. The van der Waals surface area contributed by atoms with E-state index in [1.54, 1.807) is 55.6 Å². The van der Waals surface area contributed by atoms with Crippen molar-refractivity contribution in [1.82, 2.24) is 4.90 Å². The monoisotopic (exact) mass is 438 g/mol. The van der Waals surface area contributed by atoms with Crippen LogP contribution in [0.2, 0.25) is 0 Å². The molecule has 1 amide bonds. The maximum absolute atomic E-state index is 13.7. The Morgan fingerprint density at radius 1 is 0.935 bits per heavy atom. The van der Waals surface area contributed by atoms with Crippen LogP contribution in [0.15, 0.2) is 83.8 Å². The summed E-state index contributed by atoms with van der Waals surface area (Å²) >= 11 is 0. The van der Waals surface area contributed by atoms with Crippen LogP contribution in [-0.2, 0) is 21.4 Å². The van der Waals surface area contributed by atoms with Crippen LogP contribution < -0.4 is 9.04 Å². The number of methoxy groups -OCH3 is 1. The first-order chi connectivity index (χ1) is 14.8. The average molecular weight is 439 g/mol. The molecule has 6 nitrogen and oxygen atoms in total. The van der Waals surface area contributed by atoms with E-state index in [0.29, 0.717) is 12.2 Å². The van der Waals surface area contributed by atoms with E-state index in [2.05, 4.69) is 0 Å². The number of aryl methyl sites for hydroxylation is 1. The van der Waals surface area contributed by atoms with Crippen molar-refractivity contribution in [2.24, 2.45) is 0 Å². The van der Waals surface area contributed by atoms with Crippen molar-refractivity contribution in [2.45, 2.75) is 18.4 Å². The summed E-state index contributed by atoms with van der Waals surface area (Å²) in [5.74, 6) is -0.0838. The lowest BCUT2D eigenvalue weighted by molar-refractivity contribution is -0.128. The quantitative estimate of drug-likeness (QED) is 0.536. The number of carbonyl (C=O) groups is 1. The molecule has 0 aliphatic heterocycles. The summed E-state index contributed by atoms with van der Waals surface area (Å²) < 4.78 is 33.7. The molecule has 0 saturated carbocycles. The van der Waals surface area contributed by atoms with Gasteiger partial charge in [-0.3, -0.25) is 9.10 Å². The molecular weight excluding hydrogens is 412 g/mol. The molecule has 3 rings (SSSR count). The van der Waals surface area contributed by atoms with Gasteiger partial charge in [0.2, 0.25) is 5.91 Å². The van der Waals surface area contributed by atoms with Gasteiger partial charge in [0.25, 0.3) is 10.0 Å². The second kappa shape index (κ2) is 9.66. The van der Waals surface area contributed by atoms with Gasteiger partial charge in [-0.1, -0.05) is 54.6 Å². The van der Waals surface area contributed by atoms with Gasteiger partial charge in [0.1, 0.15) is 17.2 Å². The summed E-state index contributed by atoms with van der Waals surface area (Å²) in [6, 6.07) is 23.1. The first-order valence-electron chi connectivity index (χ1n) is 9.83. The molecule has 162 valence electrons. The van der Waals surface area contributed by atoms with Crippen molar-refractivity contribution in [1.29, 1.82) is 0 Å². The lowest BCUT2D eigenvalue weighted by Crippen LogP contribution is -2.41. The fourth-order valence-corrected chi connectivity index (χ4v) is 4.86. The second-order valence-electron chi connectivity index (χ2n) is 7.24. The number of hydrogen-bond acceptors (Lipinski definition) is 4. The molecule has 0 aliphatic carbocycles. The van der Waals surface area contributed by atoms with Gasteiger partial charge in [0.15, 0.2) is 0 Å². The number of benzene rings is 3. The van der Waals surface area contributed by atoms with Crippen LogP contribution in [0.4, 0.5) is 5.69 Å². The lowest BCUT2D eigenvalue weighted by atomic mass is 10.2. The van der Waals surface area contributed by atoms with Crippen LogP contribution >= 0.6 is 0 Å². The number of rotatable bonds is 8. The van der Waals surface area contributed by atoms with Crippen molar-refractivity contribution >= 4 is 21.6 Å². The summed E-state index contributed by atoms with van der Waals surface area (Å²) in [5, 5.41) is 0. The van der Waals surface area contributed by atoms with Crippen molar-refractivity contribution in [3.63, 3.8) is 0 Å². The van der Waals surface area contributed by atoms with E-state index >= 15 is 0 Å². The third-order valence-electron chi connectivity index (χ3n) is 4.90. The number of ether oxygens (including phenoxy) is 1. The molecule has 0 atom stereocenters. The van der Waals surface area contributed by atoms with E-state index in [1.165, 1.54) is 12.0 Å². The zero-order chi connectivity index (χ0) is 22.4. The SMILES string of the molecule is COc1ccc(C)cc1S(=O)(=O)N(CC(=O)N(C)Cc1ccccc1)c1ccccc1. The largest absolute Gasteiger partial charge is 0.495 e. The topological polar surface area (TPSA) is 66.9 Å². The Balaban J connectivity index is 1.96. The van der Waals surface area contributed by atoms with Crippen molar-refractivity contribution in [3.05, 3.63) is 90.0 Å². The van der Waals surface area contributed by atoms with Crippen LogP contribution in [0.1, 0.15) is 11.1 Å². The molecule has 0 unspecified atom stereocenters. The van der Waals surface area contributed by atoms with Crippen LogP contribution in [-0.4, -0.2) is 39.9 Å². The highest BCUT2D eigenvalue weighted by Crippen LogP contribution is 2.30. The van der Waals surface area contributed by atoms with E-state index in [9.17, 15) is 13.2 Å². The highest BCUT2D eigenvalue weighted by Gasteiger charge is 2.31. The van der Waals surface area contributed by atoms with Gasteiger partial charge < -0.3 is 9.64 Å². The molecular formula is C24H26N2O4S. The molecule has 0 radical (unpaired) electrons. The van der Waals surface area contributed by atoms with E-state index in [1.807, 2.05) is 37.3 Å². The van der Waals surface area contributed by atoms with Crippen LogP contribution in [0.25, 0.3) is 0 Å². The van der Waals surface area contributed by atoms with Gasteiger partial charge in [-0.15, -0.1) is 0 Å². The number of para-hydroxylation sites is 1. The number of hydrogen-bond donors (Lipinski definition) is 0. The normalized spacial score (nSPS) is 11.1. The van der Waals surface area contributed by atoms with Crippen LogP contribution in [0.5, 0.6) is 5.75 Å². The maximum Gasteiger partial charge on any atom is 0.268 e. The average Bonchev–Trinajstić information content (AvgIpc) is 2.78.